The van der Waals surface area contributed by atoms with Gasteiger partial charge in [0, 0.05) is 44.0 Å². The molecule has 0 aliphatic rings. The summed E-state index contributed by atoms with van der Waals surface area (Å²) < 4.78 is 11.6. The lowest BCUT2D eigenvalue weighted by atomic mass is 9.76. The molecule has 0 bridgehead atoms. The Hall–Kier alpha value is -6.84. The van der Waals surface area contributed by atoms with E-state index in [4.69, 9.17) is 4.74 Å². The molecule has 0 radical (unpaired) electrons. The zero-order valence-corrected chi connectivity index (χ0v) is 35.1. The average Bonchev–Trinajstić information content (AvgIpc) is 3.82. The zero-order valence-electron chi connectivity index (χ0n) is 35.1. The molecule has 10 rings (SSSR count). The van der Waals surface area contributed by atoms with Crippen LogP contribution in [0.5, 0.6) is 5.75 Å². The minimum atomic E-state index is 0.0266. The molecule has 0 saturated heterocycles. The van der Waals surface area contributed by atoms with Crippen molar-refractivity contribution in [2.75, 3.05) is 0 Å². The molecule has 0 aliphatic heterocycles. The van der Waals surface area contributed by atoms with Crippen LogP contribution >= 0.6 is 0 Å². The van der Waals surface area contributed by atoms with Crippen LogP contribution in [0.2, 0.25) is 0 Å². The molecule has 294 valence electrons. The van der Waals surface area contributed by atoms with Gasteiger partial charge in [-0.3, -0.25) is 0 Å². The van der Waals surface area contributed by atoms with Gasteiger partial charge in [-0.1, -0.05) is 136 Å². The van der Waals surface area contributed by atoms with Gasteiger partial charge in [-0.15, -0.1) is 0 Å². The van der Waals surface area contributed by atoms with Crippen LogP contribution in [0.1, 0.15) is 53.0 Å². The molecule has 60 heavy (non-hydrogen) atoms. The molecule has 2 aromatic heterocycles. The van der Waals surface area contributed by atoms with Crippen molar-refractivity contribution in [2.45, 2.75) is 59.0 Å². The summed E-state index contributed by atoms with van der Waals surface area (Å²) in [6.45, 7) is 11.2. The van der Waals surface area contributed by atoms with Crippen LogP contribution in [0.3, 0.4) is 0 Å². The highest BCUT2D eigenvalue weighted by atomic mass is 16.5. The number of hydrogen-bond acceptors (Lipinski definition) is 1. The molecule has 0 N–H and O–H groups in total. The van der Waals surface area contributed by atoms with Crippen LogP contribution in [-0.4, -0.2) is 15.2 Å². The van der Waals surface area contributed by atoms with E-state index in [1.165, 1.54) is 65.9 Å². The summed E-state index contributed by atoms with van der Waals surface area (Å²) in [5.74, 6) is 0.939. The van der Waals surface area contributed by atoms with E-state index in [1.54, 1.807) is 0 Å². The molecule has 0 aliphatic carbocycles. The van der Waals surface area contributed by atoms with Crippen LogP contribution in [0.15, 0.2) is 182 Å². The van der Waals surface area contributed by atoms with Gasteiger partial charge in [0.25, 0.3) is 0 Å². The number of nitrogens with zero attached hydrogens (tertiary/aromatic N) is 2. The first-order valence-corrected chi connectivity index (χ1v) is 21.5. The topological polar surface area (TPSA) is 19.1 Å². The molecule has 0 spiro atoms. The van der Waals surface area contributed by atoms with Crippen LogP contribution in [0.4, 0.5) is 0 Å². The standard InChI is InChI=1S/C57H50N2O/c1-6-57(5,7-2)43-36-49(39-18-9-8-10-19-39)56(60-38(3)4)50(37-43)40-28-31-44(32-29-40)58-54-27-16-13-24-48(54)51-35-42(30-33-55(51)58)41-20-17-21-45(34-41)59-52-25-14-11-22-46(52)47-23-12-15-26-53(47)59/h8-38H,6-7H2,1-5H3. The molecule has 3 heteroatoms. The highest BCUT2D eigenvalue weighted by Crippen LogP contribution is 2.45. The quantitative estimate of drug-likeness (QED) is 0.135. The van der Waals surface area contributed by atoms with E-state index in [1.807, 2.05) is 0 Å². The van der Waals surface area contributed by atoms with Gasteiger partial charge in [0.15, 0.2) is 0 Å². The van der Waals surface area contributed by atoms with E-state index in [0.29, 0.717) is 0 Å². The van der Waals surface area contributed by atoms with Crippen molar-refractivity contribution in [2.24, 2.45) is 0 Å². The highest BCUT2D eigenvalue weighted by Gasteiger charge is 2.27. The summed E-state index contributed by atoms with van der Waals surface area (Å²) in [7, 11) is 0. The minimum absolute atomic E-state index is 0.0266. The molecule has 0 saturated carbocycles. The third-order valence-electron chi connectivity index (χ3n) is 12.9. The van der Waals surface area contributed by atoms with Crippen molar-refractivity contribution in [1.82, 2.24) is 9.13 Å². The largest absolute Gasteiger partial charge is 0.490 e. The SMILES string of the molecule is CCC(C)(CC)c1cc(-c2ccccc2)c(OC(C)C)c(-c2ccc(-n3c4ccccc4c4cc(-c5cccc(-n6c7ccccc7c7ccccc76)c5)ccc43)cc2)c1. The van der Waals surface area contributed by atoms with E-state index in [-0.39, 0.29) is 11.5 Å². The summed E-state index contributed by atoms with van der Waals surface area (Å²) >= 11 is 0. The zero-order chi connectivity index (χ0) is 41.0. The van der Waals surface area contributed by atoms with Gasteiger partial charge in [-0.2, -0.15) is 0 Å². The van der Waals surface area contributed by atoms with E-state index in [2.05, 4.69) is 226 Å². The molecule has 0 amide bonds. The van der Waals surface area contributed by atoms with Crippen molar-refractivity contribution in [3.8, 4) is 50.5 Å². The highest BCUT2D eigenvalue weighted by molar-refractivity contribution is 6.11. The Morgan fingerprint density at radius 3 is 1.48 bits per heavy atom. The van der Waals surface area contributed by atoms with Crippen LogP contribution in [0, 0.1) is 0 Å². The Morgan fingerprint density at radius 1 is 0.433 bits per heavy atom. The Bertz CT molecular complexity index is 3120. The number of ether oxygens (including phenoxy) is 1. The summed E-state index contributed by atoms with van der Waals surface area (Å²) in [4.78, 5) is 0. The lowest BCUT2D eigenvalue weighted by molar-refractivity contribution is 0.244. The fourth-order valence-electron chi connectivity index (χ4n) is 9.29. The molecule has 0 atom stereocenters. The number of fused-ring (bicyclic) bond motifs is 6. The Balaban J connectivity index is 1.08. The monoisotopic (exact) mass is 778 g/mol. The molecule has 3 nitrogen and oxygen atoms in total. The fraction of sp³-hybridized carbons (Fsp3) is 0.158. The number of benzene rings is 8. The minimum Gasteiger partial charge on any atom is -0.490 e. The second-order valence-corrected chi connectivity index (χ2v) is 16.8. The number of rotatable bonds is 10. The van der Waals surface area contributed by atoms with Gasteiger partial charge in [0.1, 0.15) is 5.75 Å². The second-order valence-electron chi connectivity index (χ2n) is 16.8. The van der Waals surface area contributed by atoms with Gasteiger partial charge in [-0.05, 0) is 127 Å². The summed E-state index contributed by atoms with van der Waals surface area (Å²) in [5, 5.41) is 5.02. The van der Waals surface area contributed by atoms with Gasteiger partial charge < -0.3 is 13.9 Å². The van der Waals surface area contributed by atoms with Gasteiger partial charge >= 0.3 is 0 Å². The fourth-order valence-corrected chi connectivity index (χ4v) is 9.29. The predicted molar refractivity (Wildman–Crippen MR) is 255 cm³/mol. The predicted octanol–water partition coefficient (Wildman–Crippen LogP) is 15.7. The van der Waals surface area contributed by atoms with E-state index in [9.17, 15) is 0 Å². The Labute approximate surface area is 353 Å². The van der Waals surface area contributed by atoms with Crippen molar-refractivity contribution in [3.05, 3.63) is 188 Å². The van der Waals surface area contributed by atoms with E-state index in [0.717, 1.165) is 46.7 Å². The van der Waals surface area contributed by atoms with E-state index >= 15 is 0 Å². The molecule has 0 unspecified atom stereocenters. The third kappa shape index (κ3) is 6.28. The molecule has 2 heterocycles. The summed E-state index contributed by atoms with van der Waals surface area (Å²) in [6, 6.07) is 66.7. The molecule has 8 aromatic carbocycles. The van der Waals surface area contributed by atoms with Gasteiger partial charge in [0.2, 0.25) is 0 Å². The Morgan fingerprint density at radius 2 is 0.900 bits per heavy atom. The first-order valence-electron chi connectivity index (χ1n) is 21.5. The van der Waals surface area contributed by atoms with Crippen molar-refractivity contribution in [3.63, 3.8) is 0 Å². The number of hydrogen-bond donors (Lipinski definition) is 0. The summed E-state index contributed by atoms with van der Waals surface area (Å²) in [5.41, 5.74) is 15.5. The number of aromatic nitrogens is 2. The smallest absolute Gasteiger partial charge is 0.135 e. The first kappa shape index (κ1) is 37.4. The lowest BCUT2D eigenvalue weighted by Crippen LogP contribution is -2.20. The molecular weight excluding hydrogens is 729 g/mol. The average molecular weight is 779 g/mol. The normalized spacial score (nSPS) is 12.0. The number of para-hydroxylation sites is 3. The maximum atomic E-state index is 6.75. The molecular formula is C57H50N2O. The van der Waals surface area contributed by atoms with Crippen molar-refractivity contribution < 1.29 is 4.74 Å². The molecule has 0 fully saturated rings. The maximum Gasteiger partial charge on any atom is 0.135 e. The van der Waals surface area contributed by atoms with E-state index < -0.39 is 0 Å². The second kappa shape index (κ2) is 15.1. The van der Waals surface area contributed by atoms with Crippen LogP contribution in [-0.2, 0) is 5.41 Å². The summed E-state index contributed by atoms with van der Waals surface area (Å²) in [6.07, 6.45) is 2.14. The third-order valence-corrected chi connectivity index (χ3v) is 12.9. The van der Waals surface area contributed by atoms with Crippen molar-refractivity contribution in [1.29, 1.82) is 0 Å². The van der Waals surface area contributed by atoms with Gasteiger partial charge in [0.05, 0.1) is 28.2 Å². The first-order chi connectivity index (χ1) is 29.3. The van der Waals surface area contributed by atoms with Crippen LogP contribution < -0.4 is 4.74 Å². The van der Waals surface area contributed by atoms with Crippen molar-refractivity contribution >= 4 is 43.6 Å². The Kier molecular flexibility index (Phi) is 9.41. The van der Waals surface area contributed by atoms with Gasteiger partial charge in [-0.25, -0.2) is 0 Å². The van der Waals surface area contributed by atoms with Crippen LogP contribution in [0.25, 0.3) is 88.4 Å². The lowest BCUT2D eigenvalue weighted by Gasteiger charge is -2.30. The maximum absolute atomic E-state index is 6.75. The molecule has 10 aromatic rings.